The molecular formula is C11H20O2Sr. The van der Waals surface area contributed by atoms with Crippen LogP contribution in [0.4, 0.5) is 0 Å². The molecule has 0 bridgehead atoms. The van der Waals surface area contributed by atoms with Crippen molar-refractivity contribution in [2.24, 2.45) is 10.8 Å². The Morgan fingerprint density at radius 2 is 1.00 bits per heavy atom. The number of ketones is 2. The van der Waals surface area contributed by atoms with Crippen molar-refractivity contribution in [2.45, 2.75) is 48.0 Å². The monoisotopic (exact) mass is 272 g/mol. The van der Waals surface area contributed by atoms with Gasteiger partial charge in [-0.2, -0.15) is 0 Å². The van der Waals surface area contributed by atoms with Gasteiger partial charge in [-0.3, -0.25) is 9.59 Å². The minimum Gasteiger partial charge on any atom is -0.299 e. The van der Waals surface area contributed by atoms with Crippen molar-refractivity contribution in [1.29, 1.82) is 0 Å². The van der Waals surface area contributed by atoms with Gasteiger partial charge in [0.15, 0.2) is 0 Å². The molecule has 0 aromatic carbocycles. The molecule has 0 unspecified atom stereocenters. The van der Waals surface area contributed by atoms with E-state index in [4.69, 9.17) is 0 Å². The van der Waals surface area contributed by atoms with Crippen LogP contribution in [0.25, 0.3) is 0 Å². The molecule has 3 heteroatoms. The average molecular weight is 272 g/mol. The van der Waals surface area contributed by atoms with E-state index >= 15 is 0 Å². The summed E-state index contributed by atoms with van der Waals surface area (Å²) in [6, 6.07) is 0. The van der Waals surface area contributed by atoms with Crippen LogP contribution in [-0.4, -0.2) is 57.0 Å². The van der Waals surface area contributed by atoms with Gasteiger partial charge in [-0.25, -0.2) is 0 Å². The van der Waals surface area contributed by atoms with E-state index < -0.39 is 10.8 Å². The Labute approximate surface area is 124 Å². The minimum absolute atomic E-state index is 0. The molecule has 0 aromatic rings. The molecule has 0 heterocycles. The van der Waals surface area contributed by atoms with Gasteiger partial charge in [0.05, 0.1) is 6.42 Å². The van der Waals surface area contributed by atoms with E-state index in [1.54, 1.807) is 0 Å². The first kappa shape index (κ1) is 17.2. The first-order valence-electron chi connectivity index (χ1n) is 4.62. The number of rotatable bonds is 2. The van der Waals surface area contributed by atoms with E-state index in [1.807, 2.05) is 41.5 Å². The fourth-order valence-corrected chi connectivity index (χ4v) is 0.676. The number of hydrogen-bond acceptors (Lipinski definition) is 2. The van der Waals surface area contributed by atoms with Gasteiger partial charge in [0.1, 0.15) is 11.6 Å². The molecule has 0 rings (SSSR count). The Kier molecular flexibility index (Phi) is 7.11. The molecule has 0 N–H and O–H groups in total. The summed E-state index contributed by atoms with van der Waals surface area (Å²) in [5.74, 6) is 0.0415. The number of hydrogen-bond donors (Lipinski definition) is 0. The minimum atomic E-state index is -0.402. The largest absolute Gasteiger partial charge is 0.299 e. The zero-order valence-corrected chi connectivity index (χ0v) is 13.7. The molecule has 78 valence electrons. The van der Waals surface area contributed by atoms with E-state index in [2.05, 4.69) is 0 Å². The van der Waals surface area contributed by atoms with Gasteiger partial charge >= 0.3 is 0 Å². The molecule has 0 aromatic heterocycles. The molecule has 0 fully saturated rings. The second-order valence-electron chi connectivity index (χ2n) is 5.52. The van der Waals surface area contributed by atoms with E-state index in [1.165, 1.54) is 0 Å². The van der Waals surface area contributed by atoms with Crippen LogP contribution in [0.3, 0.4) is 0 Å². The molecule has 0 spiro atoms. The van der Waals surface area contributed by atoms with Gasteiger partial charge in [0.25, 0.3) is 0 Å². The van der Waals surface area contributed by atoms with Crippen molar-refractivity contribution >= 4 is 57.0 Å². The third-order valence-electron chi connectivity index (χ3n) is 1.99. The van der Waals surface area contributed by atoms with E-state index in [0.717, 1.165) is 0 Å². The van der Waals surface area contributed by atoms with Crippen LogP contribution in [0.1, 0.15) is 48.0 Å². The summed E-state index contributed by atoms with van der Waals surface area (Å²) in [6.07, 6.45) is 0.0625. The van der Waals surface area contributed by atoms with Crippen LogP contribution in [0.2, 0.25) is 0 Å². The van der Waals surface area contributed by atoms with Gasteiger partial charge in [-0.05, 0) is 0 Å². The Balaban J connectivity index is 0. The summed E-state index contributed by atoms with van der Waals surface area (Å²) in [7, 11) is 0. The standard InChI is InChI=1S/C11H20O2.Sr/c1-10(2,3)8(12)7-9(13)11(4,5)6;/h7H2,1-6H3;. The Bertz CT molecular complexity index is 194. The summed E-state index contributed by atoms with van der Waals surface area (Å²) in [5, 5.41) is 0. The summed E-state index contributed by atoms with van der Waals surface area (Å²) in [4.78, 5) is 23.0. The van der Waals surface area contributed by atoms with Gasteiger partial charge < -0.3 is 0 Å². The van der Waals surface area contributed by atoms with Crippen LogP contribution >= 0.6 is 0 Å². The molecule has 0 aliphatic carbocycles. The first-order chi connectivity index (χ1) is 5.55. The van der Waals surface area contributed by atoms with Gasteiger partial charge in [-0.1, -0.05) is 41.5 Å². The predicted octanol–water partition coefficient (Wildman–Crippen LogP) is 2.23. The maximum absolute atomic E-state index is 11.5. The van der Waals surface area contributed by atoms with Crippen LogP contribution in [0.5, 0.6) is 0 Å². The van der Waals surface area contributed by atoms with Crippen molar-refractivity contribution in [3.8, 4) is 0 Å². The zero-order valence-electron chi connectivity index (χ0n) is 10.2. The van der Waals surface area contributed by atoms with Crippen LogP contribution in [0, 0.1) is 10.8 Å². The summed E-state index contributed by atoms with van der Waals surface area (Å²) >= 11 is 0. The Hall–Kier alpha value is 0.821. The van der Waals surface area contributed by atoms with E-state index in [9.17, 15) is 9.59 Å². The molecule has 0 atom stereocenters. The zero-order chi connectivity index (χ0) is 10.9. The van der Waals surface area contributed by atoms with Crippen molar-refractivity contribution in [3.63, 3.8) is 0 Å². The van der Waals surface area contributed by atoms with E-state index in [0.29, 0.717) is 0 Å². The normalized spacial score (nSPS) is 11.9. The molecular weight excluding hydrogens is 252 g/mol. The number of carbonyl (C=O) groups excluding carboxylic acids is 2. The van der Waals surface area contributed by atoms with Crippen molar-refractivity contribution < 1.29 is 9.59 Å². The third kappa shape index (κ3) is 6.33. The fourth-order valence-electron chi connectivity index (χ4n) is 0.676. The molecule has 0 saturated carbocycles. The van der Waals surface area contributed by atoms with Crippen molar-refractivity contribution in [1.82, 2.24) is 0 Å². The third-order valence-corrected chi connectivity index (χ3v) is 1.99. The van der Waals surface area contributed by atoms with Crippen LogP contribution in [0.15, 0.2) is 0 Å². The number of carbonyl (C=O) groups is 2. The summed E-state index contributed by atoms with van der Waals surface area (Å²) in [6.45, 7) is 11.0. The topological polar surface area (TPSA) is 34.1 Å². The second-order valence-corrected chi connectivity index (χ2v) is 5.52. The number of Topliss-reactive ketones (excluding diaryl/α,β-unsaturated/α-hetero) is 2. The molecule has 0 aliphatic heterocycles. The molecule has 0 amide bonds. The van der Waals surface area contributed by atoms with Crippen molar-refractivity contribution in [2.75, 3.05) is 0 Å². The smallest absolute Gasteiger partial charge is 0.145 e. The quantitative estimate of drug-likeness (QED) is 0.570. The molecule has 2 nitrogen and oxygen atoms in total. The predicted molar refractivity (Wildman–Crippen MR) is 59.3 cm³/mol. The van der Waals surface area contributed by atoms with Gasteiger partial charge in [0, 0.05) is 56.3 Å². The fraction of sp³-hybridized carbons (Fsp3) is 0.818. The SMILES string of the molecule is CC(C)(C)C(=O)CC(=O)C(C)(C)C.[Sr]. The molecule has 0 saturated heterocycles. The van der Waals surface area contributed by atoms with Crippen molar-refractivity contribution in [3.05, 3.63) is 0 Å². The first-order valence-corrected chi connectivity index (χ1v) is 4.62. The second kappa shape index (κ2) is 5.78. The van der Waals surface area contributed by atoms with Gasteiger partial charge in [0.2, 0.25) is 0 Å². The maximum Gasteiger partial charge on any atom is 0.145 e. The molecule has 14 heavy (non-hydrogen) atoms. The maximum atomic E-state index is 11.5. The average Bonchev–Trinajstić information content (AvgIpc) is 1.82. The Morgan fingerprint density at radius 1 is 0.786 bits per heavy atom. The van der Waals surface area contributed by atoms with Crippen LogP contribution < -0.4 is 0 Å². The molecule has 2 radical (unpaired) electrons. The van der Waals surface area contributed by atoms with Gasteiger partial charge in [-0.15, -0.1) is 0 Å². The van der Waals surface area contributed by atoms with E-state index in [-0.39, 0.29) is 63.5 Å². The van der Waals surface area contributed by atoms with Crippen LogP contribution in [-0.2, 0) is 9.59 Å². The Morgan fingerprint density at radius 3 is 1.14 bits per heavy atom. The molecule has 0 aliphatic rings. The summed E-state index contributed by atoms with van der Waals surface area (Å²) < 4.78 is 0. The summed E-state index contributed by atoms with van der Waals surface area (Å²) in [5.41, 5.74) is -0.804.